The zero-order valence-corrected chi connectivity index (χ0v) is 21.9. The van der Waals surface area contributed by atoms with Crippen molar-refractivity contribution >= 4 is 44.8 Å². The molecule has 4 aromatic rings. The molecule has 4 atom stereocenters. The molecule has 1 aliphatic rings. The Balaban J connectivity index is 1.18. The van der Waals surface area contributed by atoms with Crippen molar-refractivity contribution in [2.75, 3.05) is 10.6 Å². The molecule has 4 N–H and O–H groups in total. The highest BCUT2D eigenvalue weighted by Crippen LogP contribution is 2.43. The lowest BCUT2D eigenvalue weighted by Gasteiger charge is -2.25. The van der Waals surface area contributed by atoms with Crippen LogP contribution in [0.5, 0.6) is 0 Å². The third kappa shape index (κ3) is 6.10. The van der Waals surface area contributed by atoms with E-state index in [1.165, 1.54) is 22.7 Å². The van der Waals surface area contributed by atoms with E-state index < -0.39 is 24.0 Å². The summed E-state index contributed by atoms with van der Waals surface area (Å²) in [5, 5.41) is 45.1. The van der Waals surface area contributed by atoms with Crippen molar-refractivity contribution < 1.29 is 19.8 Å². The second-order valence-electron chi connectivity index (χ2n) is 9.06. The molecule has 0 spiro atoms. The van der Waals surface area contributed by atoms with E-state index >= 15 is 0 Å². The molecule has 0 unspecified atom stereocenters. The summed E-state index contributed by atoms with van der Waals surface area (Å²) in [5.41, 5.74) is 1.01. The smallest absolute Gasteiger partial charge is 0.259 e. The largest absolute Gasteiger partial charge is 0.378 e. The maximum absolute atomic E-state index is 12.5. The van der Waals surface area contributed by atoms with Crippen molar-refractivity contribution in [2.24, 2.45) is 0 Å². The zero-order valence-electron chi connectivity index (χ0n) is 20.2. The number of aliphatic hydroxyl groups excluding tert-OH is 2. The summed E-state index contributed by atoms with van der Waals surface area (Å²) in [6.07, 6.45) is 1.07. The minimum atomic E-state index is -1.29. The first kappa shape index (κ1) is 26.0. The SMILES string of the molecule is O=C(Nc1nnc([C@H]2CCC[C@H](c3nnc(NC(=O)[C@@H](O)c4ccccc4)s3)C2)s1)[C@@H](O)c1ccccc1. The highest BCUT2D eigenvalue weighted by atomic mass is 32.1. The van der Waals surface area contributed by atoms with E-state index in [-0.39, 0.29) is 11.8 Å². The minimum Gasteiger partial charge on any atom is -0.378 e. The summed E-state index contributed by atoms with van der Waals surface area (Å²) < 4.78 is 0. The predicted molar refractivity (Wildman–Crippen MR) is 144 cm³/mol. The normalized spacial score (nSPS) is 18.9. The van der Waals surface area contributed by atoms with Gasteiger partial charge in [-0.2, -0.15) is 0 Å². The molecule has 1 saturated carbocycles. The van der Waals surface area contributed by atoms with Gasteiger partial charge >= 0.3 is 0 Å². The lowest BCUT2D eigenvalue weighted by atomic mass is 9.82. The molecule has 10 nitrogen and oxygen atoms in total. The van der Waals surface area contributed by atoms with Crippen LogP contribution in [0.25, 0.3) is 0 Å². The fourth-order valence-electron chi connectivity index (χ4n) is 4.46. The number of carbonyl (C=O) groups is 2. The van der Waals surface area contributed by atoms with Gasteiger partial charge in [0.05, 0.1) is 0 Å². The van der Waals surface area contributed by atoms with E-state index in [0.717, 1.165) is 35.7 Å². The Hall–Kier alpha value is -3.58. The topological polar surface area (TPSA) is 150 Å². The highest BCUT2D eigenvalue weighted by Gasteiger charge is 2.30. The number of carbonyl (C=O) groups excluding carboxylic acids is 2. The molecule has 0 radical (unpaired) electrons. The number of nitrogens with one attached hydrogen (secondary N) is 2. The fraction of sp³-hybridized carbons (Fsp3) is 0.308. The van der Waals surface area contributed by atoms with Crippen LogP contribution in [0.15, 0.2) is 60.7 Å². The monoisotopic (exact) mass is 550 g/mol. The quantitative estimate of drug-likeness (QED) is 0.255. The van der Waals surface area contributed by atoms with E-state index in [4.69, 9.17) is 0 Å². The van der Waals surface area contributed by atoms with Crippen LogP contribution in [-0.2, 0) is 9.59 Å². The molecule has 2 aromatic heterocycles. The highest BCUT2D eigenvalue weighted by molar-refractivity contribution is 7.15. The lowest BCUT2D eigenvalue weighted by molar-refractivity contribution is -0.124. The van der Waals surface area contributed by atoms with Crippen LogP contribution in [0.2, 0.25) is 0 Å². The average molecular weight is 551 g/mol. The molecular formula is C26H26N6O4S2. The number of hydrogen-bond donors (Lipinski definition) is 4. The first-order valence-electron chi connectivity index (χ1n) is 12.2. The Labute approximate surface area is 226 Å². The van der Waals surface area contributed by atoms with Gasteiger partial charge in [-0.15, -0.1) is 20.4 Å². The molecular weight excluding hydrogens is 524 g/mol. The number of aromatic nitrogens is 4. The van der Waals surface area contributed by atoms with Crippen molar-refractivity contribution in [2.45, 2.75) is 49.7 Å². The van der Waals surface area contributed by atoms with Gasteiger partial charge in [-0.05, 0) is 30.4 Å². The molecule has 5 rings (SSSR count). The van der Waals surface area contributed by atoms with Crippen molar-refractivity contribution in [3.8, 4) is 0 Å². The van der Waals surface area contributed by atoms with Gasteiger partial charge in [-0.1, -0.05) is 89.8 Å². The van der Waals surface area contributed by atoms with Gasteiger partial charge in [0.2, 0.25) is 10.3 Å². The second kappa shape index (κ2) is 11.9. The number of anilines is 2. The lowest BCUT2D eigenvalue weighted by Crippen LogP contribution is -2.20. The summed E-state index contributed by atoms with van der Waals surface area (Å²) in [5.74, 6) is -0.807. The van der Waals surface area contributed by atoms with Gasteiger partial charge in [0.15, 0.2) is 12.2 Å². The van der Waals surface area contributed by atoms with Gasteiger partial charge in [-0.3, -0.25) is 20.2 Å². The molecule has 1 aliphatic carbocycles. The van der Waals surface area contributed by atoms with E-state index in [1.54, 1.807) is 48.5 Å². The van der Waals surface area contributed by atoms with Gasteiger partial charge < -0.3 is 10.2 Å². The van der Waals surface area contributed by atoms with Gasteiger partial charge in [0.1, 0.15) is 10.0 Å². The molecule has 1 fully saturated rings. The second-order valence-corrected chi connectivity index (χ2v) is 11.1. The molecule has 0 saturated heterocycles. The fourth-order valence-corrected chi connectivity index (χ4v) is 6.25. The summed E-state index contributed by atoms with van der Waals surface area (Å²) in [4.78, 5) is 24.9. The molecule has 2 heterocycles. The van der Waals surface area contributed by atoms with E-state index in [0.29, 0.717) is 21.4 Å². The van der Waals surface area contributed by atoms with Gasteiger partial charge in [0.25, 0.3) is 11.8 Å². The van der Waals surface area contributed by atoms with Crippen LogP contribution in [-0.4, -0.2) is 42.4 Å². The molecule has 2 amide bonds. The van der Waals surface area contributed by atoms with Crippen LogP contribution in [0.1, 0.15) is 70.9 Å². The van der Waals surface area contributed by atoms with Crippen molar-refractivity contribution in [1.29, 1.82) is 0 Å². The first-order chi connectivity index (χ1) is 18.5. The van der Waals surface area contributed by atoms with E-state index in [1.807, 2.05) is 12.1 Å². The first-order valence-corrected chi connectivity index (χ1v) is 13.9. The Morgan fingerprint density at radius 2 is 1.13 bits per heavy atom. The zero-order chi connectivity index (χ0) is 26.5. The van der Waals surface area contributed by atoms with Crippen LogP contribution in [0.3, 0.4) is 0 Å². The summed E-state index contributed by atoms with van der Waals surface area (Å²) in [6, 6.07) is 17.4. The number of benzene rings is 2. The Morgan fingerprint density at radius 3 is 1.55 bits per heavy atom. The molecule has 196 valence electrons. The summed E-state index contributed by atoms with van der Waals surface area (Å²) in [7, 11) is 0. The maximum Gasteiger partial charge on any atom is 0.259 e. The third-order valence-corrected chi connectivity index (χ3v) is 8.44. The van der Waals surface area contributed by atoms with Crippen LogP contribution in [0.4, 0.5) is 10.3 Å². The van der Waals surface area contributed by atoms with Crippen molar-refractivity contribution in [3.05, 3.63) is 81.8 Å². The van der Waals surface area contributed by atoms with Crippen LogP contribution >= 0.6 is 22.7 Å². The minimum absolute atomic E-state index is 0.151. The van der Waals surface area contributed by atoms with Crippen molar-refractivity contribution in [3.63, 3.8) is 0 Å². The molecule has 0 bridgehead atoms. The van der Waals surface area contributed by atoms with E-state index in [9.17, 15) is 19.8 Å². The molecule has 12 heteroatoms. The summed E-state index contributed by atoms with van der Waals surface area (Å²) >= 11 is 2.62. The number of aliphatic hydroxyl groups is 2. The number of amides is 2. The standard InChI is InChI=1S/C26H26N6O4S2/c33-19(15-8-3-1-4-9-15)21(35)27-25-31-29-23(37-25)17-12-7-13-18(14-17)24-30-32-26(38-24)28-22(36)20(34)16-10-5-2-6-11-16/h1-6,8-11,17-20,33-34H,7,12-14H2,(H,27,31,35)(H,28,32,36)/t17-,18-,19-,20-/m0/s1. The van der Waals surface area contributed by atoms with Crippen molar-refractivity contribution in [1.82, 2.24) is 20.4 Å². The predicted octanol–water partition coefficient (Wildman–Crippen LogP) is 4.18. The maximum atomic E-state index is 12.5. The van der Waals surface area contributed by atoms with Crippen LogP contribution in [0, 0.1) is 0 Å². The average Bonchev–Trinajstić information content (AvgIpc) is 3.63. The number of hydrogen-bond acceptors (Lipinski definition) is 10. The van der Waals surface area contributed by atoms with Gasteiger partial charge in [-0.25, -0.2) is 0 Å². The van der Waals surface area contributed by atoms with E-state index in [2.05, 4.69) is 31.0 Å². The summed E-state index contributed by atoms with van der Waals surface area (Å²) in [6.45, 7) is 0. The molecule has 2 aromatic carbocycles. The number of nitrogens with zero attached hydrogens (tertiary/aromatic N) is 4. The third-order valence-electron chi connectivity index (χ3n) is 6.44. The Bertz CT molecular complexity index is 1280. The van der Waals surface area contributed by atoms with Gasteiger partial charge in [0, 0.05) is 11.8 Å². The molecule has 38 heavy (non-hydrogen) atoms. The molecule has 0 aliphatic heterocycles. The Kier molecular flexibility index (Phi) is 8.13. The Morgan fingerprint density at radius 1 is 0.711 bits per heavy atom. The number of rotatable bonds is 8. The van der Waals surface area contributed by atoms with Crippen LogP contribution < -0.4 is 10.6 Å².